The molecule has 0 saturated heterocycles. The van der Waals surface area contributed by atoms with Crippen molar-refractivity contribution in [1.29, 1.82) is 0 Å². The summed E-state index contributed by atoms with van der Waals surface area (Å²) < 4.78 is 4.78. The lowest BCUT2D eigenvalue weighted by atomic mass is 9.86. The largest absolute Gasteiger partial charge is 0.481 e. The summed E-state index contributed by atoms with van der Waals surface area (Å²) >= 11 is 0. The van der Waals surface area contributed by atoms with Gasteiger partial charge in [-0.15, -0.1) is 0 Å². The number of carbonyl (C=O) groups is 2. The maximum absolute atomic E-state index is 11.3. The predicted octanol–water partition coefficient (Wildman–Crippen LogP) is 0.784. The summed E-state index contributed by atoms with van der Waals surface area (Å²) in [5, 5.41) is 11.9. The molecule has 1 saturated carbocycles. The molecule has 0 radical (unpaired) electrons. The second kappa shape index (κ2) is 5.84. The lowest BCUT2D eigenvalue weighted by Gasteiger charge is -2.23. The molecule has 1 amide bonds. The van der Waals surface area contributed by atoms with Crippen LogP contribution in [-0.4, -0.2) is 37.2 Å². The molecule has 0 bridgehead atoms. The SMILES string of the molecule is COCCC(=O)NCC1(C(=O)O)CCCC1. The van der Waals surface area contributed by atoms with Crippen molar-refractivity contribution in [1.82, 2.24) is 5.32 Å². The van der Waals surface area contributed by atoms with E-state index in [1.807, 2.05) is 0 Å². The zero-order valence-electron chi connectivity index (χ0n) is 9.62. The highest BCUT2D eigenvalue weighted by Crippen LogP contribution is 2.37. The number of carbonyl (C=O) groups excluding carboxylic acids is 1. The van der Waals surface area contributed by atoms with Crippen molar-refractivity contribution in [2.45, 2.75) is 32.1 Å². The Morgan fingerprint density at radius 2 is 2.00 bits per heavy atom. The van der Waals surface area contributed by atoms with Gasteiger partial charge in [0.25, 0.3) is 0 Å². The molecule has 16 heavy (non-hydrogen) atoms. The van der Waals surface area contributed by atoms with Crippen molar-refractivity contribution >= 4 is 11.9 Å². The van der Waals surface area contributed by atoms with E-state index in [9.17, 15) is 14.7 Å². The first-order valence-corrected chi connectivity index (χ1v) is 5.60. The van der Waals surface area contributed by atoms with Crippen LogP contribution in [0.3, 0.4) is 0 Å². The Bertz CT molecular complexity index is 259. The summed E-state index contributed by atoms with van der Waals surface area (Å²) in [6.45, 7) is 0.608. The van der Waals surface area contributed by atoms with Crippen LogP contribution in [0, 0.1) is 5.41 Å². The Kier molecular flexibility index (Phi) is 4.73. The number of amides is 1. The van der Waals surface area contributed by atoms with E-state index in [1.165, 1.54) is 7.11 Å². The van der Waals surface area contributed by atoms with Crippen LogP contribution in [0.5, 0.6) is 0 Å². The van der Waals surface area contributed by atoms with E-state index in [2.05, 4.69) is 5.32 Å². The van der Waals surface area contributed by atoms with E-state index in [0.29, 0.717) is 19.4 Å². The van der Waals surface area contributed by atoms with Crippen molar-refractivity contribution in [3.8, 4) is 0 Å². The number of methoxy groups -OCH3 is 1. The number of carboxylic acids is 1. The maximum atomic E-state index is 11.3. The normalized spacial score (nSPS) is 18.3. The third-order valence-corrected chi connectivity index (χ3v) is 3.17. The molecular weight excluding hydrogens is 210 g/mol. The molecule has 0 atom stereocenters. The molecule has 0 unspecified atom stereocenters. The Balaban J connectivity index is 2.39. The van der Waals surface area contributed by atoms with E-state index in [0.717, 1.165) is 12.8 Å². The lowest BCUT2D eigenvalue weighted by molar-refractivity contribution is -0.148. The number of rotatable bonds is 6. The number of ether oxygens (including phenoxy) is 1. The zero-order valence-corrected chi connectivity index (χ0v) is 9.62. The van der Waals surface area contributed by atoms with Crippen molar-refractivity contribution in [3.05, 3.63) is 0 Å². The lowest BCUT2D eigenvalue weighted by Crippen LogP contribution is -2.41. The number of hydrogen-bond donors (Lipinski definition) is 2. The quantitative estimate of drug-likeness (QED) is 0.706. The van der Waals surface area contributed by atoms with Crippen LogP contribution in [0.15, 0.2) is 0 Å². The van der Waals surface area contributed by atoms with Gasteiger partial charge in [-0.3, -0.25) is 9.59 Å². The van der Waals surface area contributed by atoms with Crippen molar-refractivity contribution < 1.29 is 19.4 Å². The van der Waals surface area contributed by atoms with Gasteiger partial charge in [-0.1, -0.05) is 12.8 Å². The van der Waals surface area contributed by atoms with Crippen molar-refractivity contribution in [2.24, 2.45) is 5.41 Å². The molecular formula is C11H19NO4. The Morgan fingerprint density at radius 1 is 1.38 bits per heavy atom. The topological polar surface area (TPSA) is 75.6 Å². The fourth-order valence-corrected chi connectivity index (χ4v) is 2.07. The second-order valence-electron chi connectivity index (χ2n) is 4.31. The van der Waals surface area contributed by atoms with Gasteiger partial charge in [-0.2, -0.15) is 0 Å². The van der Waals surface area contributed by atoms with Gasteiger partial charge >= 0.3 is 5.97 Å². The Hall–Kier alpha value is -1.10. The molecule has 0 spiro atoms. The summed E-state index contributed by atoms with van der Waals surface area (Å²) in [7, 11) is 1.53. The van der Waals surface area contributed by atoms with Gasteiger partial charge in [0.2, 0.25) is 5.91 Å². The minimum absolute atomic E-state index is 0.144. The average molecular weight is 229 g/mol. The van der Waals surface area contributed by atoms with Crippen LogP contribution in [0.4, 0.5) is 0 Å². The van der Waals surface area contributed by atoms with Crippen LogP contribution in [-0.2, 0) is 14.3 Å². The third-order valence-electron chi connectivity index (χ3n) is 3.17. The molecule has 0 aliphatic heterocycles. The molecule has 5 heteroatoms. The highest BCUT2D eigenvalue weighted by Gasteiger charge is 2.41. The predicted molar refractivity (Wildman–Crippen MR) is 58.0 cm³/mol. The van der Waals surface area contributed by atoms with Crippen LogP contribution in [0.1, 0.15) is 32.1 Å². The Labute approximate surface area is 95.2 Å². The smallest absolute Gasteiger partial charge is 0.311 e. The van der Waals surface area contributed by atoms with Crippen molar-refractivity contribution in [3.63, 3.8) is 0 Å². The first-order valence-electron chi connectivity index (χ1n) is 5.60. The molecule has 2 N–H and O–H groups in total. The standard InChI is InChI=1S/C11H19NO4/c1-16-7-4-9(13)12-8-11(10(14)15)5-2-3-6-11/h2-8H2,1H3,(H,12,13)(H,14,15). The van der Waals surface area contributed by atoms with E-state index in [4.69, 9.17) is 4.74 Å². The highest BCUT2D eigenvalue weighted by atomic mass is 16.5. The van der Waals surface area contributed by atoms with Gasteiger partial charge in [0.1, 0.15) is 0 Å². The van der Waals surface area contributed by atoms with Crippen LogP contribution in [0.25, 0.3) is 0 Å². The summed E-state index contributed by atoms with van der Waals surface area (Å²) in [5.41, 5.74) is -0.733. The van der Waals surface area contributed by atoms with E-state index in [1.54, 1.807) is 0 Å². The zero-order chi connectivity index (χ0) is 12.0. The minimum atomic E-state index is -0.794. The molecule has 0 aromatic carbocycles. The van der Waals surface area contributed by atoms with Crippen molar-refractivity contribution in [2.75, 3.05) is 20.3 Å². The Morgan fingerprint density at radius 3 is 2.50 bits per heavy atom. The van der Waals surface area contributed by atoms with E-state index >= 15 is 0 Å². The molecule has 92 valence electrons. The van der Waals surface area contributed by atoms with Gasteiger partial charge in [0.05, 0.1) is 12.0 Å². The second-order valence-corrected chi connectivity index (χ2v) is 4.31. The summed E-state index contributed by atoms with van der Waals surface area (Å²) in [4.78, 5) is 22.5. The molecule has 1 aliphatic rings. The van der Waals surface area contributed by atoms with Crippen LogP contribution in [0.2, 0.25) is 0 Å². The monoisotopic (exact) mass is 229 g/mol. The van der Waals surface area contributed by atoms with Crippen LogP contribution < -0.4 is 5.32 Å². The summed E-state index contributed by atoms with van der Waals surface area (Å²) in [6.07, 6.45) is 3.46. The average Bonchev–Trinajstić information content (AvgIpc) is 2.73. The fraction of sp³-hybridized carbons (Fsp3) is 0.818. The molecule has 1 fully saturated rings. The van der Waals surface area contributed by atoms with Gasteiger partial charge in [0.15, 0.2) is 0 Å². The number of hydrogen-bond acceptors (Lipinski definition) is 3. The maximum Gasteiger partial charge on any atom is 0.311 e. The third kappa shape index (κ3) is 3.20. The number of nitrogens with one attached hydrogen (secondary N) is 1. The number of aliphatic carboxylic acids is 1. The first-order chi connectivity index (χ1) is 7.60. The van der Waals surface area contributed by atoms with Gasteiger partial charge in [0, 0.05) is 20.1 Å². The molecule has 5 nitrogen and oxygen atoms in total. The van der Waals surface area contributed by atoms with Gasteiger partial charge in [-0.25, -0.2) is 0 Å². The molecule has 1 aliphatic carbocycles. The van der Waals surface area contributed by atoms with E-state index in [-0.39, 0.29) is 18.9 Å². The van der Waals surface area contributed by atoms with Crippen LogP contribution >= 0.6 is 0 Å². The molecule has 1 rings (SSSR count). The summed E-state index contributed by atoms with van der Waals surface area (Å²) in [5.74, 6) is -0.939. The molecule has 0 aromatic heterocycles. The van der Waals surface area contributed by atoms with Gasteiger partial charge < -0.3 is 15.2 Å². The fourth-order valence-electron chi connectivity index (χ4n) is 2.07. The highest BCUT2D eigenvalue weighted by molar-refractivity contribution is 5.79. The van der Waals surface area contributed by atoms with Gasteiger partial charge in [-0.05, 0) is 12.8 Å². The minimum Gasteiger partial charge on any atom is -0.481 e. The molecule has 0 heterocycles. The molecule has 0 aromatic rings. The van der Waals surface area contributed by atoms with E-state index < -0.39 is 11.4 Å². The first kappa shape index (κ1) is 13.0. The summed E-state index contributed by atoms with van der Waals surface area (Å²) in [6, 6.07) is 0. The number of carboxylic acid groups (broad SMARTS) is 1.